The lowest BCUT2D eigenvalue weighted by Crippen LogP contribution is -2.43. The van der Waals surface area contributed by atoms with Crippen LogP contribution in [0.1, 0.15) is 13.3 Å². The van der Waals surface area contributed by atoms with Crippen molar-refractivity contribution >= 4 is 28.6 Å². The van der Waals surface area contributed by atoms with Gasteiger partial charge in [-0.05, 0) is 18.5 Å². The number of imidazole rings is 1. The Morgan fingerprint density at radius 2 is 2.47 bits per heavy atom. The molecule has 102 valence electrons. The topological polar surface area (TPSA) is 96.0 Å². The number of aromatic nitrogens is 4. The molecule has 2 unspecified atom stereocenters. The number of aromatic amines is 1. The van der Waals surface area contributed by atoms with E-state index in [1.54, 1.807) is 0 Å². The van der Waals surface area contributed by atoms with Gasteiger partial charge in [-0.25, -0.2) is 4.98 Å². The van der Waals surface area contributed by atoms with E-state index >= 15 is 0 Å². The van der Waals surface area contributed by atoms with E-state index < -0.39 is 5.60 Å². The Labute approximate surface area is 114 Å². The number of hydrogen-bond acceptors (Lipinski definition) is 6. The molecule has 1 saturated heterocycles. The van der Waals surface area contributed by atoms with Gasteiger partial charge in [0.15, 0.2) is 11.5 Å². The molecule has 0 spiro atoms. The summed E-state index contributed by atoms with van der Waals surface area (Å²) in [6.07, 6.45) is 1.90. The highest BCUT2D eigenvalue weighted by Gasteiger charge is 2.39. The molecule has 3 rings (SSSR count). The molecule has 2 aromatic rings. The summed E-state index contributed by atoms with van der Waals surface area (Å²) in [6, 6.07) is 0. The molecule has 3 heterocycles. The SMILES string of the molecule is CC1OCCC1(O)CNc1nc(Cl)nc2nc[nH]c12. The second kappa shape index (κ2) is 4.59. The zero-order valence-corrected chi connectivity index (χ0v) is 11.1. The average Bonchev–Trinajstić information content (AvgIpc) is 2.95. The lowest BCUT2D eigenvalue weighted by atomic mass is 9.97. The van der Waals surface area contributed by atoms with Crippen LogP contribution < -0.4 is 5.32 Å². The molecule has 19 heavy (non-hydrogen) atoms. The van der Waals surface area contributed by atoms with Crippen LogP contribution in [0.15, 0.2) is 6.33 Å². The van der Waals surface area contributed by atoms with E-state index in [4.69, 9.17) is 16.3 Å². The van der Waals surface area contributed by atoms with E-state index in [2.05, 4.69) is 25.3 Å². The van der Waals surface area contributed by atoms with Gasteiger partial charge in [0.2, 0.25) is 5.28 Å². The van der Waals surface area contributed by atoms with Gasteiger partial charge in [0.1, 0.15) is 11.1 Å². The van der Waals surface area contributed by atoms with Crippen molar-refractivity contribution in [1.82, 2.24) is 19.9 Å². The molecule has 3 N–H and O–H groups in total. The first-order chi connectivity index (χ1) is 9.08. The zero-order valence-electron chi connectivity index (χ0n) is 10.4. The highest BCUT2D eigenvalue weighted by molar-refractivity contribution is 6.28. The first-order valence-corrected chi connectivity index (χ1v) is 6.41. The number of halogens is 1. The Morgan fingerprint density at radius 1 is 1.63 bits per heavy atom. The highest BCUT2D eigenvalue weighted by atomic mass is 35.5. The molecule has 0 saturated carbocycles. The maximum Gasteiger partial charge on any atom is 0.226 e. The number of nitrogens with zero attached hydrogens (tertiary/aromatic N) is 3. The van der Waals surface area contributed by atoms with Crippen LogP contribution in [0.5, 0.6) is 0 Å². The van der Waals surface area contributed by atoms with E-state index in [-0.39, 0.29) is 11.4 Å². The van der Waals surface area contributed by atoms with Gasteiger partial charge in [-0.3, -0.25) is 0 Å². The second-order valence-electron chi connectivity index (χ2n) is 4.66. The first kappa shape index (κ1) is 12.6. The number of anilines is 1. The molecule has 7 nitrogen and oxygen atoms in total. The molecule has 2 aromatic heterocycles. The minimum atomic E-state index is -0.899. The summed E-state index contributed by atoms with van der Waals surface area (Å²) < 4.78 is 5.38. The average molecular weight is 284 g/mol. The fourth-order valence-electron chi connectivity index (χ4n) is 2.17. The van der Waals surface area contributed by atoms with Crippen molar-refractivity contribution in [2.75, 3.05) is 18.5 Å². The molecule has 1 aliphatic rings. The van der Waals surface area contributed by atoms with Crippen LogP contribution in [0.25, 0.3) is 11.2 Å². The van der Waals surface area contributed by atoms with Crippen LogP contribution in [-0.4, -0.2) is 49.9 Å². The molecule has 0 amide bonds. The number of hydrogen-bond donors (Lipinski definition) is 3. The van der Waals surface area contributed by atoms with Gasteiger partial charge in [0.05, 0.1) is 12.4 Å². The van der Waals surface area contributed by atoms with Crippen LogP contribution in [-0.2, 0) is 4.74 Å². The van der Waals surface area contributed by atoms with Crippen molar-refractivity contribution in [3.8, 4) is 0 Å². The number of aliphatic hydroxyl groups is 1. The summed E-state index contributed by atoms with van der Waals surface area (Å²) in [5.74, 6) is 0.528. The zero-order chi connectivity index (χ0) is 13.5. The van der Waals surface area contributed by atoms with Crippen LogP contribution >= 0.6 is 11.6 Å². The van der Waals surface area contributed by atoms with Crippen molar-refractivity contribution in [1.29, 1.82) is 0 Å². The van der Waals surface area contributed by atoms with Crippen molar-refractivity contribution in [2.24, 2.45) is 0 Å². The smallest absolute Gasteiger partial charge is 0.226 e. The van der Waals surface area contributed by atoms with Gasteiger partial charge < -0.3 is 20.1 Å². The molecule has 0 aliphatic carbocycles. The van der Waals surface area contributed by atoms with Crippen LogP contribution in [0.4, 0.5) is 5.82 Å². The number of rotatable bonds is 3. The quantitative estimate of drug-likeness (QED) is 0.726. The van der Waals surface area contributed by atoms with E-state index in [1.807, 2.05) is 6.92 Å². The van der Waals surface area contributed by atoms with Gasteiger partial charge >= 0.3 is 0 Å². The molecule has 1 fully saturated rings. The summed E-state index contributed by atoms with van der Waals surface area (Å²) in [5, 5.41) is 13.6. The highest BCUT2D eigenvalue weighted by Crippen LogP contribution is 2.27. The normalized spacial score (nSPS) is 27.0. The third-order valence-corrected chi connectivity index (χ3v) is 3.65. The van der Waals surface area contributed by atoms with Crippen LogP contribution in [0.2, 0.25) is 5.28 Å². The maximum atomic E-state index is 10.4. The Hall–Kier alpha value is -1.44. The number of nitrogens with one attached hydrogen (secondary N) is 2. The third kappa shape index (κ3) is 2.24. The summed E-state index contributed by atoms with van der Waals surface area (Å²) in [5.41, 5.74) is 0.258. The fraction of sp³-hybridized carbons (Fsp3) is 0.545. The lowest BCUT2D eigenvalue weighted by Gasteiger charge is -2.26. The number of fused-ring (bicyclic) bond motifs is 1. The predicted octanol–water partition coefficient (Wildman–Crippen LogP) is 0.958. The lowest BCUT2D eigenvalue weighted by molar-refractivity contribution is -0.0176. The Bertz CT molecular complexity index is 604. The first-order valence-electron chi connectivity index (χ1n) is 6.03. The standard InChI is InChI=1S/C11H14ClN5O2/c1-6-11(18,2-3-19-6)4-13-8-7-9(15-5-14-7)17-10(12)16-8/h5-6,18H,2-4H2,1H3,(H2,13,14,15,16,17). The summed E-state index contributed by atoms with van der Waals surface area (Å²) in [4.78, 5) is 15.1. The Morgan fingerprint density at radius 3 is 3.21 bits per heavy atom. The van der Waals surface area contributed by atoms with Crippen molar-refractivity contribution in [2.45, 2.75) is 25.0 Å². The summed E-state index contributed by atoms with van der Waals surface area (Å²) in [6.45, 7) is 2.74. The van der Waals surface area contributed by atoms with E-state index in [0.717, 1.165) is 0 Å². The molecule has 8 heteroatoms. The molecular weight excluding hydrogens is 270 g/mol. The van der Waals surface area contributed by atoms with Gasteiger partial charge in [-0.2, -0.15) is 9.97 Å². The molecule has 0 aromatic carbocycles. The van der Waals surface area contributed by atoms with Gasteiger partial charge in [0, 0.05) is 19.6 Å². The maximum absolute atomic E-state index is 10.4. The molecular formula is C11H14ClN5O2. The van der Waals surface area contributed by atoms with Crippen molar-refractivity contribution < 1.29 is 9.84 Å². The van der Waals surface area contributed by atoms with E-state index in [9.17, 15) is 5.11 Å². The molecule has 2 atom stereocenters. The Balaban J connectivity index is 1.83. The minimum absolute atomic E-state index is 0.116. The second-order valence-corrected chi connectivity index (χ2v) is 5.00. The Kier molecular flexibility index (Phi) is 3.04. The largest absolute Gasteiger partial charge is 0.385 e. The van der Waals surface area contributed by atoms with Crippen molar-refractivity contribution in [3.63, 3.8) is 0 Å². The summed E-state index contributed by atoms with van der Waals surface area (Å²) in [7, 11) is 0. The molecule has 0 radical (unpaired) electrons. The minimum Gasteiger partial charge on any atom is -0.385 e. The van der Waals surface area contributed by atoms with Crippen LogP contribution in [0, 0.1) is 0 Å². The van der Waals surface area contributed by atoms with E-state index in [0.29, 0.717) is 36.6 Å². The number of ether oxygens (including phenoxy) is 1. The third-order valence-electron chi connectivity index (χ3n) is 3.48. The molecule has 1 aliphatic heterocycles. The molecule has 0 bridgehead atoms. The van der Waals surface area contributed by atoms with Crippen molar-refractivity contribution in [3.05, 3.63) is 11.6 Å². The summed E-state index contributed by atoms with van der Waals surface area (Å²) >= 11 is 5.84. The van der Waals surface area contributed by atoms with Gasteiger partial charge in [-0.1, -0.05) is 0 Å². The van der Waals surface area contributed by atoms with Crippen LogP contribution in [0.3, 0.4) is 0 Å². The van der Waals surface area contributed by atoms with Gasteiger partial charge in [0.25, 0.3) is 0 Å². The number of H-pyrrole nitrogens is 1. The predicted molar refractivity (Wildman–Crippen MR) is 70.2 cm³/mol. The van der Waals surface area contributed by atoms with Gasteiger partial charge in [-0.15, -0.1) is 0 Å². The fourth-order valence-corrected chi connectivity index (χ4v) is 2.34. The van der Waals surface area contributed by atoms with E-state index in [1.165, 1.54) is 6.33 Å². The monoisotopic (exact) mass is 283 g/mol.